The molecule has 0 aliphatic rings. The molecule has 102 valence electrons. The molecule has 0 bridgehead atoms. The number of aromatic nitrogens is 2. The van der Waals surface area contributed by atoms with Gasteiger partial charge in [-0.15, -0.1) is 10.2 Å². The molecule has 5 heteroatoms. The standard InChI is InChI=1S/C13H23ClN4/c1-6-9(2)18(5)8-7-15-13-11(4)10(3)12(14)16-17-13/h9H,6-8H2,1-5H3,(H,15,17). The minimum atomic E-state index is 0.481. The van der Waals surface area contributed by atoms with Gasteiger partial charge in [0.15, 0.2) is 11.0 Å². The van der Waals surface area contributed by atoms with Crippen LogP contribution in [0, 0.1) is 13.8 Å². The zero-order valence-electron chi connectivity index (χ0n) is 11.9. The lowest BCUT2D eigenvalue weighted by Gasteiger charge is -2.23. The molecule has 1 rings (SSSR count). The van der Waals surface area contributed by atoms with Crippen molar-refractivity contribution in [1.29, 1.82) is 0 Å². The number of halogens is 1. The second kappa shape index (κ2) is 6.90. The van der Waals surface area contributed by atoms with E-state index >= 15 is 0 Å². The van der Waals surface area contributed by atoms with Crippen molar-refractivity contribution in [2.24, 2.45) is 0 Å². The van der Waals surface area contributed by atoms with Crippen molar-refractivity contribution in [3.63, 3.8) is 0 Å². The Morgan fingerprint density at radius 2 is 1.94 bits per heavy atom. The summed E-state index contributed by atoms with van der Waals surface area (Å²) in [7, 11) is 2.14. The smallest absolute Gasteiger partial charge is 0.155 e. The van der Waals surface area contributed by atoms with Crippen molar-refractivity contribution in [2.45, 2.75) is 40.2 Å². The first-order valence-corrected chi connectivity index (χ1v) is 6.78. The van der Waals surface area contributed by atoms with Gasteiger partial charge in [0.1, 0.15) is 0 Å². The summed E-state index contributed by atoms with van der Waals surface area (Å²) < 4.78 is 0. The van der Waals surface area contributed by atoms with Gasteiger partial charge in [0.05, 0.1) is 0 Å². The van der Waals surface area contributed by atoms with Gasteiger partial charge in [-0.1, -0.05) is 18.5 Å². The lowest BCUT2D eigenvalue weighted by atomic mass is 10.2. The van der Waals surface area contributed by atoms with E-state index in [4.69, 9.17) is 11.6 Å². The molecule has 1 aromatic rings. The molecule has 0 aliphatic heterocycles. The number of anilines is 1. The minimum Gasteiger partial charge on any atom is -0.367 e. The molecule has 1 aromatic heterocycles. The molecule has 1 atom stereocenters. The molecule has 0 aliphatic carbocycles. The van der Waals surface area contributed by atoms with Gasteiger partial charge in [-0.2, -0.15) is 0 Å². The normalized spacial score (nSPS) is 12.8. The maximum Gasteiger partial charge on any atom is 0.155 e. The van der Waals surface area contributed by atoms with Crippen LogP contribution in [0.4, 0.5) is 5.82 Å². The van der Waals surface area contributed by atoms with Crippen LogP contribution in [-0.2, 0) is 0 Å². The number of likely N-dealkylation sites (N-methyl/N-ethyl adjacent to an activating group) is 1. The third-order valence-corrected chi connectivity index (χ3v) is 3.92. The second-order valence-corrected chi connectivity index (χ2v) is 5.11. The Hall–Kier alpha value is -0.870. The molecule has 1 N–H and O–H groups in total. The zero-order valence-corrected chi connectivity index (χ0v) is 12.7. The molecule has 0 saturated carbocycles. The van der Waals surface area contributed by atoms with Crippen molar-refractivity contribution >= 4 is 17.4 Å². The summed E-state index contributed by atoms with van der Waals surface area (Å²) in [6, 6.07) is 0.603. The Bertz CT molecular complexity index is 395. The molecular weight excluding hydrogens is 248 g/mol. The number of hydrogen-bond acceptors (Lipinski definition) is 4. The quantitative estimate of drug-likeness (QED) is 0.863. The van der Waals surface area contributed by atoms with Gasteiger partial charge in [-0.05, 0) is 45.4 Å². The highest BCUT2D eigenvalue weighted by atomic mass is 35.5. The second-order valence-electron chi connectivity index (χ2n) is 4.75. The highest BCUT2D eigenvalue weighted by Gasteiger charge is 2.09. The third-order valence-electron chi connectivity index (χ3n) is 3.57. The minimum absolute atomic E-state index is 0.481. The Morgan fingerprint density at radius 3 is 2.56 bits per heavy atom. The summed E-state index contributed by atoms with van der Waals surface area (Å²) in [5.41, 5.74) is 2.06. The Labute approximate surface area is 115 Å². The van der Waals surface area contributed by atoms with Gasteiger partial charge in [0.25, 0.3) is 0 Å². The number of nitrogens with one attached hydrogen (secondary N) is 1. The first kappa shape index (κ1) is 15.2. The molecule has 0 aromatic carbocycles. The topological polar surface area (TPSA) is 41.0 Å². The summed E-state index contributed by atoms with van der Waals surface area (Å²) >= 11 is 5.92. The van der Waals surface area contributed by atoms with E-state index in [0.29, 0.717) is 11.2 Å². The van der Waals surface area contributed by atoms with E-state index in [0.717, 1.165) is 36.5 Å². The predicted octanol–water partition coefficient (Wildman–Crippen LogP) is 2.89. The Kier molecular flexibility index (Phi) is 5.82. The van der Waals surface area contributed by atoms with Crippen LogP contribution in [0.1, 0.15) is 31.4 Å². The van der Waals surface area contributed by atoms with Crippen LogP contribution in [0.25, 0.3) is 0 Å². The number of hydrogen-bond donors (Lipinski definition) is 1. The van der Waals surface area contributed by atoms with Gasteiger partial charge >= 0.3 is 0 Å². The average molecular weight is 271 g/mol. The monoisotopic (exact) mass is 270 g/mol. The van der Waals surface area contributed by atoms with Crippen LogP contribution in [-0.4, -0.2) is 41.3 Å². The first-order chi connectivity index (χ1) is 8.47. The summed E-state index contributed by atoms with van der Waals surface area (Å²) in [6.45, 7) is 10.2. The molecular formula is C13H23ClN4. The van der Waals surface area contributed by atoms with Crippen molar-refractivity contribution in [3.8, 4) is 0 Å². The van der Waals surface area contributed by atoms with Crippen molar-refractivity contribution in [1.82, 2.24) is 15.1 Å². The summed E-state index contributed by atoms with van der Waals surface area (Å²) in [5.74, 6) is 0.828. The molecule has 0 radical (unpaired) electrons. The Morgan fingerprint density at radius 1 is 1.28 bits per heavy atom. The van der Waals surface area contributed by atoms with E-state index < -0.39 is 0 Å². The van der Waals surface area contributed by atoms with E-state index in [-0.39, 0.29) is 0 Å². The highest BCUT2D eigenvalue weighted by Crippen LogP contribution is 2.20. The number of nitrogens with zero attached hydrogens (tertiary/aromatic N) is 3. The van der Waals surface area contributed by atoms with Crippen LogP contribution >= 0.6 is 11.6 Å². The van der Waals surface area contributed by atoms with E-state index in [9.17, 15) is 0 Å². The van der Waals surface area contributed by atoms with E-state index in [1.54, 1.807) is 0 Å². The lowest BCUT2D eigenvalue weighted by molar-refractivity contribution is 0.261. The Balaban J connectivity index is 2.52. The summed E-state index contributed by atoms with van der Waals surface area (Å²) in [4.78, 5) is 2.33. The van der Waals surface area contributed by atoms with E-state index in [2.05, 4.69) is 41.3 Å². The lowest BCUT2D eigenvalue weighted by Crippen LogP contribution is -2.32. The van der Waals surface area contributed by atoms with Crippen LogP contribution in [0.2, 0.25) is 5.15 Å². The highest BCUT2D eigenvalue weighted by molar-refractivity contribution is 6.30. The number of rotatable bonds is 6. The summed E-state index contributed by atoms with van der Waals surface area (Å²) in [6.07, 6.45) is 1.16. The van der Waals surface area contributed by atoms with Crippen LogP contribution in [0.3, 0.4) is 0 Å². The fourth-order valence-electron chi connectivity index (χ4n) is 1.63. The first-order valence-electron chi connectivity index (χ1n) is 6.40. The SMILES string of the molecule is CCC(C)N(C)CCNc1nnc(Cl)c(C)c1C. The van der Waals surface area contributed by atoms with Crippen LogP contribution in [0.15, 0.2) is 0 Å². The third kappa shape index (κ3) is 3.82. The fraction of sp³-hybridized carbons (Fsp3) is 0.692. The van der Waals surface area contributed by atoms with Gasteiger partial charge in [-0.3, -0.25) is 0 Å². The molecule has 1 heterocycles. The van der Waals surface area contributed by atoms with Crippen molar-refractivity contribution < 1.29 is 0 Å². The largest absolute Gasteiger partial charge is 0.367 e. The molecule has 0 spiro atoms. The predicted molar refractivity (Wildman–Crippen MR) is 77.4 cm³/mol. The zero-order chi connectivity index (χ0) is 13.7. The maximum absolute atomic E-state index is 5.92. The van der Waals surface area contributed by atoms with Crippen LogP contribution < -0.4 is 5.32 Å². The van der Waals surface area contributed by atoms with Crippen molar-refractivity contribution in [2.75, 3.05) is 25.5 Å². The van der Waals surface area contributed by atoms with Gasteiger partial charge in [-0.25, -0.2) is 0 Å². The molecule has 18 heavy (non-hydrogen) atoms. The van der Waals surface area contributed by atoms with Gasteiger partial charge in [0.2, 0.25) is 0 Å². The average Bonchev–Trinajstić information content (AvgIpc) is 2.37. The van der Waals surface area contributed by atoms with E-state index in [1.165, 1.54) is 0 Å². The maximum atomic E-state index is 5.92. The molecule has 0 amide bonds. The van der Waals surface area contributed by atoms with Crippen LogP contribution in [0.5, 0.6) is 0 Å². The molecule has 0 fully saturated rings. The summed E-state index contributed by atoms with van der Waals surface area (Å²) in [5, 5.41) is 11.8. The van der Waals surface area contributed by atoms with E-state index in [1.807, 2.05) is 13.8 Å². The molecule has 4 nitrogen and oxygen atoms in total. The van der Waals surface area contributed by atoms with Gasteiger partial charge < -0.3 is 10.2 Å². The fourth-order valence-corrected chi connectivity index (χ4v) is 1.81. The molecule has 1 unspecified atom stereocenters. The van der Waals surface area contributed by atoms with Crippen molar-refractivity contribution in [3.05, 3.63) is 16.3 Å². The van der Waals surface area contributed by atoms with Gasteiger partial charge in [0, 0.05) is 19.1 Å². The molecule has 0 saturated heterocycles.